The van der Waals surface area contributed by atoms with Gasteiger partial charge in [-0.05, 0) is 17.5 Å². The van der Waals surface area contributed by atoms with Gasteiger partial charge >= 0.3 is 0 Å². The predicted octanol–water partition coefficient (Wildman–Crippen LogP) is 2.73. The molecule has 0 aliphatic carbocycles. The number of nitrogens with two attached hydrogens (primary N) is 1. The number of carbonyl (C=O) groups excluding carboxylic acids is 1. The summed E-state index contributed by atoms with van der Waals surface area (Å²) in [4.78, 5) is 12.6. The lowest BCUT2D eigenvalue weighted by molar-refractivity contribution is 0.103. The van der Waals surface area contributed by atoms with Crippen LogP contribution < -0.4 is 11.1 Å². The van der Waals surface area contributed by atoms with Gasteiger partial charge in [-0.15, -0.1) is 11.3 Å². The number of para-hydroxylation sites is 1. The lowest BCUT2D eigenvalue weighted by Gasteiger charge is -2.09. The van der Waals surface area contributed by atoms with Gasteiger partial charge in [-0.25, -0.2) is 0 Å². The van der Waals surface area contributed by atoms with Gasteiger partial charge in [0.15, 0.2) is 0 Å². The van der Waals surface area contributed by atoms with E-state index in [1.165, 1.54) is 11.3 Å². The number of anilines is 2. The first-order chi connectivity index (χ1) is 8.72. The molecule has 0 unspecified atom stereocenters. The first-order valence-electron chi connectivity index (χ1n) is 5.43. The molecule has 1 aromatic carbocycles. The lowest BCUT2D eigenvalue weighted by Crippen LogP contribution is -2.13. The summed E-state index contributed by atoms with van der Waals surface area (Å²) in [5, 5.41) is 4.65. The number of nitrogens with one attached hydrogen (secondary N) is 1. The number of benzene rings is 1. The summed E-state index contributed by atoms with van der Waals surface area (Å²) in [5.41, 5.74) is 7.90. The van der Waals surface area contributed by atoms with Crippen LogP contribution in [0.1, 0.15) is 15.2 Å². The van der Waals surface area contributed by atoms with Crippen LogP contribution in [0.5, 0.6) is 0 Å². The van der Waals surface area contributed by atoms with E-state index < -0.39 is 0 Å². The van der Waals surface area contributed by atoms with Crippen LogP contribution in [0.25, 0.3) is 0 Å². The molecule has 0 fully saturated rings. The van der Waals surface area contributed by atoms with Crippen LogP contribution in [0.15, 0.2) is 35.7 Å². The Bertz CT molecular complexity index is 551. The average molecular weight is 262 g/mol. The van der Waals surface area contributed by atoms with E-state index in [2.05, 4.69) is 5.32 Å². The van der Waals surface area contributed by atoms with Gasteiger partial charge < -0.3 is 15.8 Å². The molecule has 2 aromatic rings. The van der Waals surface area contributed by atoms with Gasteiger partial charge in [-0.1, -0.05) is 18.2 Å². The average Bonchev–Trinajstić information content (AvgIpc) is 2.78. The molecule has 1 aromatic heterocycles. The maximum atomic E-state index is 12.0. The third kappa shape index (κ3) is 2.69. The highest BCUT2D eigenvalue weighted by Crippen LogP contribution is 2.22. The third-order valence-corrected chi connectivity index (χ3v) is 3.40. The minimum Gasteiger partial charge on any atom is -0.397 e. The zero-order valence-electron chi connectivity index (χ0n) is 9.97. The van der Waals surface area contributed by atoms with Crippen molar-refractivity contribution in [2.75, 3.05) is 18.2 Å². The highest BCUT2D eigenvalue weighted by atomic mass is 32.1. The van der Waals surface area contributed by atoms with Gasteiger partial charge in [-0.3, -0.25) is 4.79 Å². The van der Waals surface area contributed by atoms with E-state index in [0.29, 0.717) is 17.2 Å². The molecule has 94 valence electrons. The van der Waals surface area contributed by atoms with Crippen molar-refractivity contribution in [3.63, 3.8) is 0 Å². The topological polar surface area (TPSA) is 64.3 Å². The summed E-state index contributed by atoms with van der Waals surface area (Å²) in [6, 6.07) is 9.25. The molecule has 0 saturated heterocycles. The van der Waals surface area contributed by atoms with E-state index >= 15 is 0 Å². The lowest BCUT2D eigenvalue weighted by atomic mass is 10.2. The predicted molar refractivity (Wildman–Crippen MR) is 73.8 cm³/mol. The number of hydrogen-bond donors (Lipinski definition) is 2. The fraction of sp³-hybridized carbons (Fsp3) is 0.154. The highest BCUT2D eigenvalue weighted by molar-refractivity contribution is 7.12. The van der Waals surface area contributed by atoms with Crippen LogP contribution in [-0.4, -0.2) is 13.0 Å². The largest absolute Gasteiger partial charge is 0.397 e. The molecule has 3 N–H and O–H groups in total. The van der Waals surface area contributed by atoms with Crippen molar-refractivity contribution in [2.45, 2.75) is 6.61 Å². The monoisotopic (exact) mass is 262 g/mol. The summed E-state index contributed by atoms with van der Waals surface area (Å²) in [5.74, 6) is -0.189. The summed E-state index contributed by atoms with van der Waals surface area (Å²) in [6.45, 7) is 0.455. The van der Waals surface area contributed by atoms with Crippen molar-refractivity contribution in [1.29, 1.82) is 0 Å². The van der Waals surface area contributed by atoms with Gasteiger partial charge in [0, 0.05) is 18.4 Å². The maximum Gasteiger partial charge on any atom is 0.267 e. The Morgan fingerprint density at radius 1 is 1.39 bits per heavy atom. The van der Waals surface area contributed by atoms with Crippen LogP contribution in [-0.2, 0) is 11.3 Å². The van der Waals surface area contributed by atoms with E-state index in [-0.39, 0.29) is 5.91 Å². The zero-order valence-corrected chi connectivity index (χ0v) is 10.8. The summed E-state index contributed by atoms with van der Waals surface area (Å²) >= 11 is 1.33. The summed E-state index contributed by atoms with van der Waals surface area (Å²) < 4.78 is 5.09. The molecular weight excluding hydrogens is 248 g/mol. The maximum absolute atomic E-state index is 12.0. The van der Waals surface area contributed by atoms with Crippen LogP contribution in [0, 0.1) is 0 Å². The summed E-state index contributed by atoms with van der Waals surface area (Å²) in [7, 11) is 1.62. The third-order valence-electron chi connectivity index (χ3n) is 2.47. The molecule has 1 heterocycles. The molecule has 2 rings (SSSR count). The van der Waals surface area contributed by atoms with Crippen LogP contribution in [0.4, 0.5) is 11.4 Å². The fourth-order valence-corrected chi connectivity index (χ4v) is 2.32. The Labute approximate surface area is 109 Å². The molecule has 0 radical (unpaired) electrons. The van der Waals surface area contributed by atoms with Crippen molar-refractivity contribution < 1.29 is 9.53 Å². The number of ether oxygens (including phenoxy) is 1. The van der Waals surface area contributed by atoms with Crippen molar-refractivity contribution in [1.82, 2.24) is 0 Å². The van der Waals surface area contributed by atoms with Crippen LogP contribution >= 0.6 is 11.3 Å². The van der Waals surface area contributed by atoms with Crippen molar-refractivity contribution >= 4 is 28.6 Å². The number of methoxy groups -OCH3 is 1. The first-order valence-corrected chi connectivity index (χ1v) is 6.31. The van der Waals surface area contributed by atoms with E-state index in [9.17, 15) is 4.79 Å². The second kappa shape index (κ2) is 5.66. The smallest absolute Gasteiger partial charge is 0.267 e. The minimum atomic E-state index is -0.189. The molecule has 5 heteroatoms. The second-order valence-corrected chi connectivity index (χ2v) is 4.67. The first kappa shape index (κ1) is 12.6. The van der Waals surface area contributed by atoms with Gasteiger partial charge in [0.25, 0.3) is 5.91 Å². The molecule has 0 bridgehead atoms. The molecule has 1 amide bonds. The zero-order chi connectivity index (χ0) is 13.0. The molecule has 4 nitrogen and oxygen atoms in total. The Kier molecular flexibility index (Phi) is 3.96. The highest BCUT2D eigenvalue weighted by Gasteiger charge is 2.12. The molecule has 0 spiro atoms. The van der Waals surface area contributed by atoms with E-state index in [4.69, 9.17) is 10.5 Å². The van der Waals surface area contributed by atoms with E-state index in [1.807, 2.05) is 24.3 Å². The van der Waals surface area contributed by atoms with Crippen LogP contribution in [0.3, 0.4) is 0 Å². The van der Waals surface area contributed by atoms with Crippen LogP contribution in [0.2, 0.25) is 0 Å². The number of amides is 1. The fourth-order valence-electron chi connectivity index (χ4n) is 1.61. The minimum absolute atomic E-state index is 0.189. The Hall–Kier alpha value is -1.85. The molecule has 18 heavy (non-hydrogen) atoms. The van der Waals surface area contributed by atoms with Crippen molar-refractivity contribution in [3.05, 3.63) is 46.2 Å². The molecule has 0 saturated carbocycles. The van der Waals surface area contributed by atoms with Gasteiger partial charge in [0.05, 0.1) is 12.3 Å². The Morgan fingerprint density at radius 3 is 2.83 bits per heavy atom. The Morgan fingerprint density at radius 2 is 2.17 bits per heavy atom. The van der Waals surface area contributed by atoms with E-state index in [1.54, 1.807) is 18.6 Å². The Balaban J connectivity index is 2.19. The molecule has 0 aliphatic heterocycles. The summed E-state index contributed by atoms with van der Waals surface area (Å²) in [6.07, 6.45) is 0. The normalized spacial score (nSPS) is 10.3. The molecule has 0 atom stereocenters. The quantitative estimate of drug-likeness (QED) is 0.890. The number of rotatable bonds is 4. The van der Waals surface area contributed by atoms with Gasteiger partial charge in [0.1, 0.15) is 4.88 Å². The van der Waals surface area contributed by atoms with Crippen molar-refractivity contribution in [2.24, 2.45) is 0 Å². The number of thiophene rings is 1. The SMILES string of the molecule is COCc1ccccc1NC(=O)c1sccc1N. The number of hydrogen-bond acceptors (Lipinski definition) is 4. The van der Waals surface area contributed by atoms with Gasteiger partial charge in [-0.2, -0.15) is 0 Å². The number of carbonyl (C=O) groups is 1. The van der Waals surface area contributed by atoms with Gasteiger partial charge in [0.2, 0.25) is 0 Å². The van der Waals surface area contributed by atoms with Crippen molar-refractivity contribution in [3.8, 4) is 0 Å². The second-order valence-electron chi connectivity index (χ2n) is 3.75. The van der Waals surface area contributed by atoms with E-state index in [0.717, 1.165) is 11.3 Å². The standard InChI is InChI=1S/C13H14N2O2S/c1-17-8-9-4-2-3-5-11(9)15-13(16)12-10(14)6-7-18-12/h2-7H,8,14H2,1H3,(H,15,16). The number of nitrogen functional groups attached to an aromatic ring is 1. The molecule has 0 aliphatic rings. The molecular formula is C13H14N2O2S.